The van der Waals surface area contributed by atoms with Crippen molar-refractivity contribution >= 4 is 0 Å². The highest BCUT2D eigenvalue weighted by Gasteiger charge is 2.21. The van der Waals surface area contributed by atoms with E-state index in [0.29, 0.717) is 5.70 Å². The molecule has 1 heterocycles. The summed E-state index contributed by atoms with van der Waals surface area (Å²) in [6.45, 7) is 4.59. The van der Waals surface area contributed by atoms with Crippen molar-refractivity contribution in [3.63, 3.8) is 0 Å². The molecule has 0 amide bonds. The number of hydrogen-bond donors (Lipinski definition) is 2. The number of nitrogens with two attached hydrogens (primary N) is 2. The first-order valence-electron chi connectivity index (χ1n) is 3.17. The molecule has 1 rings (SSSR count). The summed E-state index contributed by atoms with van der Waals surface area (Å²) in [5.41, 5.74) is 6.16. The molecule has 1 aliphatic rings. The van der Waals surface area contributed by atoms with Crippen LogP contribution in [-0.2, 0) is 0 Å². The van der Waals surface area contributed by atoms with Crippen LogP contribution in [0.2, 0.25) is 0 Å². The van der Waals surface area contributed by atoms with Gasteiger partial charge in [0.2, 0.25) is 0 Å². The van der Waals surface area contributed by atoms with Gasteiger partial charge < -0.3 is 5.73 Å². The molecule has 52 valence electrons. The van der Waals surface area contributed by atoms with Crippen molar-refractivity contribution in [1.82, 2.24) is 5.01 Å². The second-order valence-corrected chi connectivity index (χ2v) is 2.47. The van der Waals surface area contributed by atoms with E-state index in [2.05, 4.69) is 6.58 Å². The number of hydrazine groups is 1. The summed E-state index contributed by atoms with van der Waals surface area (Å²) in [7, 11) is 0. The molecule has 3 nitrogen and oxygen atoms in total. The zero-order valence-corrected chi connectivity index (χ0v) is 5.51. The summed E-state index contributed by atoms with van der Waals surface area (Å²) < 4.78 is 0. The third-order valence-corrected chi connectivity index (χ3v) is 1.72. The Morgan fingerprint density at radius 3 is 2.56 bits per heavy atom. The van der Waals surface area contributed by atoms with Crippen molar-refractivity contribution in [3.8, 4) is 0 Å². The SMILES string of the molecule is C=C(N)C1CCCN1N. The maximum absolute atomic E-state index is 5.57. The zero-order chi connectivity index (χ0) is 6.85. The van der Waals surface area contributed by atoms with Crippen LogP contribution in [-0.4, -0.2) is 17.6 Å². The van der Waals surface area contributed by atoms with Crippen LogP contribution < -0.4 is 11.6 Å². The van der Waals surface area contributed by atoms with Crippen LogP contribution in [0.15, 0.2) is 12.3 Å². The van der Waals surface area contributed by atoms with Crippen LogP contribution in [0.4, 0.5) is 0 Å². The molecule has 0 aliphatic carbocycles. The minimum absolute atomic E-state index is 0.227. The first-order valence-corrected chi connectivity index (χ1v) is 3.17. The summed E-state index contributed by atoms with van der Waals surface area (Å²) in [4.78, 5) is 0. The van der Waals surface area contributed by atoms with Gasteiger partial charge >= 0.3 is 0 Å². The fourth-order valence-electron chi connectivity index (χ4n) is 1.19. The highest BCUT2D eigenvalue weighted by atomic mass is 15.4. The van der Waals surface area contributed by atoms with Crippen LogP contribution in [0.1, 0.15) is 12.8 Å². The Balaban J connectivity index is 2.49. The molecule has 9 heavy (non-hydrogen) atoms. The molecule has 1 atom stereocenters. The minimum atomic E-state index is 0.227. The van der Waals surface area contributed by atoms with Gasteiger partial charge in [0, 0.05) is 12.2 Å². The van der Waals surface area contributed by atoms with Gasteiger partial charge in [-0.2, -0.15) is 0 Å². The Hall–Kier alpha value is -0.540. The van der Waals surface area contributed by atoms with Crippen molar-refractivity contribution in [2.75, 3.05) is 6.54 Å². The molecule has 1 fully saturated rings. The summed E-state index contributed by atoms with van der Waals surface area (Å²) in [6.07, 6.45) is 2.20. The normalized spacial score (nSPS) is 28.8. The Morgan fingerprint density at radius 1 is 1.67 bits per heavy atom. The van der Waals surface area contributed by atoms with Gasteiger partial charge in [0.25, 0.3) is 0 Å². The van der Waals surface area contributed by atoms with E-state index in [9.17, 15) is 0 Å². The van der Waals surface area contributed by atoms with Gasteiger partial charge in [0.05, 0.1) is 6.04 Å². The molecule has 0 aromatic carbocycles. The lowest BCUT2D eigenvalue weighted by atomic mass is 10.2. The second-order valence-electron chi connectivity index (χ2n) is 2.47. The molecule has 0 aromatic rings. The lowest BCUT2D eigenvalue weighted by molar-refractivity contribution is 0.290. The summed E-state index contributed by atoms with van der Waals surface area (Å²) in [5.74, 6) is 5.57. The van der Waals surface area contributed by atoms with Crippen LogP contribution in [0.3, 0.4) is 0 Å². The fraction of sp³-hybridized carbons (Fsp3) is 0.667. The average molecular weight is 127 g/mol. The maximum atomic E-state index is 5.57. The second kappa shape index (κ2) is 2.37. The molecule has 0 bridgehead atoms. The zero-order valence-electron chi connectivity index (χ0n) is 5.51. The van der Waals surface area contributed by atoms with E-state index < -0.39 is 0 Å². The van der Waals surface area contributed by atoms with E-state index in [0.717, 1.165) is 19.4 Å². The topological polar surface area (TPSA) is 55.3 Å². The van der Waals surface area contributed by atoms with E-state index in [1.807, 2.05) is 0 Å². The predicted octanol–water partition coefficient (Wildman–Crippen LogP) is -0.203. The predicted molar refractivity (Wildman–Crippen MR) is 37.2 cm³/mol. The minimum Gasteiger partial charge on any atom is -0.401 e. The molecule has 4 N–H and O–H groups in total. The van der Waals surface area contributed by atoms with Crippen molar-refractivity contribution in [1.29, 1.82) is 0 Å². The lowest BCUT2D eigenvalue weighted by Gasteiger charge is -2.17. The van der Waals surface area contributed by atoms with Crippen LogP contribution in [0, 0.1) is 0 Å². The van der Waals surface area contributed by atoms with E-state index in [1.54, 1.807) is 5.01 Å². The molecule has 1 aliphatic heterocycles. The van der Waals surface area contributed by atoms with E-state index in [1.165, 1.54) is 0 Å². The third kappa shape index (κ3) is 1.23. The smallest absolute Gasteiger partial charge is 0.0629 e. The standard InChI is InChI=1S/C6H13N3/c1-5(7)6-3-2-4-9(6)8/h6H,1-4,7-8H2. The Labute approximate surface area is 55.3 Å². The molecule has 0 radical (unpaired) electrons. The quantitative estimate of drug-likeness (QED) is 0.479. The molecular formula is C6H13N3. The molecule has 1 saturated heterocycles. The van der Waals surface area contributed by atoms with Gasteiger partial charge in [0.1, 0.15) is 0 Å². The van der Waals surface area contributed by atoms with Crippen molar-refractivity contribution in [2.24, 2.45) is 11.6 Å². The van der Waals surface area contributed by atoms with Crippen LogP contribution in [0.25, 0.3) is 0 Å². The number of hydrogen-bond acceptors (Lipinski definition) is 3. The van der Waals surface area contributed by atoms with Crippen molar-refractivity contribution in [2.45, 2.75) is 18.9 Å². The van der Waals surface area contributed by atoms with Crippen LogP contribution >= 0.6 is 0 Å². The maximum Gasteiger partial charge on any atom is 0.0629 e. The van der Waals surface area contributed by atoms with E-state index >= 15 is 0 Å². The number of nitrogens with zero attached hydrogens (tertiary/aromatic N) is 1. The van der Waals surface area contributed by atoms with Crippen molar-refractivity contribution in [3.05, 3.63) is 12.3 Å². The van der Waals surface area contributed by atoms with Gasteiger partial charge in [-0.3, -0.25) is 5.84 Å². The summed E-state index contributed by atoms with van der Waals surface area (Å²) in [5, 5.41) is 1.75. The lowest BCUT2D eigenvalue weighted by Crippen LogP contribution is -2.38. The Morgan fingerprint density at radius 2 is 2.33 bits per heavy atom. The molecule has 3 heteroatoms. The highest BCUT2D eigenvalue weighted by molar-refractivity contribution is 5.02. The number of rotatable bonds is 1. The van der Waals surface area contributed by atoms with Gasteiger partial charge in [-0.25, -0.2) is 5.01 Å². The van der Waals surface area contributed by atoms with E-state index in [4.69, 9.17) is 11.6 Å². The summed E-state index contributed by atoms with van der Waals surface area (Å²) >= 11 is 0. The molecular weight excluding hydrogens is 114 g/mol. The average Bonchev–Trinajstić information content (AvgIpc) is 2.13. The monoisotopic (exact) mass is 127 g/mol. The molecule has 1 unspecified atom stereocenters. The van der Waals surface area contributed by atoms with Gasteiger partial charge in [0.15, 0.2) is 0 Å². The Kier molecular flexibility index (Phi) is 1.73. The largest absolute Gasteiger partial charge is 0.401 e. The van der Waals surface area contributed by atoms with Gasteiger partial charge in [-0.05, 0) is 12.8 Å². The fourth-order valence-corrected chi connectivity index (χ4v) is 1.19. The third-order valence-electron chi connectivity index (χ3n) is 1.72. The van der Waals surface area contributed by atoms with Gasteiger partial charge in [-0.15, -0.1) is 0 Å². The Bertz CT molecular complexity index is 121. The first kappa shape index (κ1) is 6.58. The van der Waals surface area contributed by atoms with Crippen LogP contribution in [0.5, 0.6) is 0 Å². The summed E-state index contributed by atoms with van der Waals surface area (Å²) in [6, 6.07) is 0.227. The molecule has 0 spiro atoms. The first-order chi connectivity index (χ1) is 4.22. The highest BCUT2D eigenvalue weighted by Crippen LogP contribution is 2.15. The molecule has 0 aromatic heterocycles. The van der Waals surface area contributed by atoms with Gasteiger partial charge in [-0.1, -0.05) is 6.58 Å². The molecule has 0 saturated carbocycles. The van der Waals surface area contributed by atoms with Crippen molar-refractivity contribution < 1.29 is 0 Å². The van der Waals surface area contributed by atoms with E-state index in [-0.39, 0.29) is 6.04 Å².